The molecule has 1 aromatic rings. The minimum atomic E-state index is -0.749. The number of nitrogens with two attached hydrogens (primary N) is 1. The molecule has 0 saturated heterocycles. The second-order valence-corrected chi connectivity index (χ2v) is 5.03. The van der Waals surface area contributed by atoms with E-state index < -0.39 is 11.6 Å². The lowest BCUT2D eigenvalue weighted by Gasteiger charge is -2.26. The van der Waals surface area contributed by atoms with E-state index in [2.05, 4.69) is 5.32 Å². The molecule has 0 aliphatic rings. The number of carbonyl (C=O) groups excluding carboxylic acids is 1. The molecule has 0 fully saturated rings. The zero-order valence-electron chi connectivity index (χ0n) is 12.6. The van der Waals surface area contributed by atoms with Gasteiger partial charge >= 0.3 is 5.97 Å². The highest BCUT2D eigenvalue weighted by atomic mass is 16.5. The molecular formula is C15H24N2O3. The molecule has 0 aliphatic heterocycles. The summed E-state index contributed by atoms with van der Waals surface area (Å²) in [4.78, 5) is 11.7. The number of rotatable bonds is 6. The lowest BCUT2D eigenvalue weighted by Crippen LogP contribution is -2.35. The van der Waals surface area contributed by atoms with Crippen LogP contribution in [0.3, 0.4) is 0 Å². The highest BCUT2D eigenvalue weighted by Gasteiger charge is 2.22. The molecule has 1 aromatic carbocycles. The van der Waals surface area contributed by atoms with Crippen LogP contribution in [0.4, 0.5) is 11.4 Å². The molecule has 20 heavy (non-hydrogen) atoms. The molecule has 0 radical (unpaired) electrons. The Labute approximate surface area is 120 Å². The van der Waals surface area contributed by atoms with Crippen LogP contribution in [-0.4, -0.2) is 30.3 Å². The van der Waals surface area contributed by atoms with Gasteiger partial charge in [-0.1, -0.05) is 13.8 Å². The van der Waals surface area contributed by atoms with Crippen molar-refractivity contribution in [1.82, 2.24) is 0 Å². The van der Waals surface area contributed by atoms with Crippen molar-refractivity contribution in [3.8, 4) is 0 Å². The summed E-state index contributed by atoms with van der Waals surface area (Å²) in [6, 6.07) is 3.51. The number of aryl methyl sites for hydroxylation is 1. The lowest BCUT2D eigenvalue weighted by molar-refractivity contribution is 0.0457. The third kappa shape index (κ3) is 3.63. The van der Waals surface area contributed by atoms with Gasteiger partial charge in [-0.15, -0.1) is 0 Å². The first kappa shape index (κ1) is 16.3. The number of hydrogen-bond donors (Lipinski definition) is 3. The van der Waals surface area contributed by atoms with Gasteiger partial charge in [-0.2, -0.15) is 0 Å². The molecule has 0 aliphatic carbocycles. The van der Waals surface area contributed by atoms with E-state index in [0.29, 0.717) is 30.6 Å². The molecule has 5 nitrogen and oxygen atoms in total. The maximum Gasteiger partial charge on any atom is 0.340 e. The number of aliphatic hydroxyl groups is 1. The molecule has 1 rings (SSSR count). The van der Waals surface area contributed by atoms with Crippen molar-refractivity contribution in [2.24, 2.45) is 0 Å². The van der Waals surface area contributed by atoms with E-state index in [9.17, 15) is 9.90 Å². The van der Waals surface area contributed by atoms with E-state index in [4.69, 9.17) is 10.5 Å². The minimum absolute atomic E-state index is 0.339. The predicted molar refractivity (Wildman–Crippen MR) is 81.0 cm³/mol. The summed E-state index contributed by atoms with van der Waals surface area (Å²) in [6.45, 7) is 6.14. The molecule has 0 spiro atoms. The quantitative estimate of drug-likeness (QED) is 0.550. The highest BCUT2D eigenvalue weighted by molar-refractivity contribution is 5.97. The van der Waals surface area contributed by atoms with Crippen LogP contribution < -0.4 is 11.1 Å². The van der Waals surface area contributed by atoms with Crippen molar-refractivity contribution in [3.05, 3.63) is 23.3 Å². The van der Waals surface area contributed by atoms with Gasteiger partial charge in [0.1, 0.15) is 0 Å². The summed E-state index contributed by atoms with van der Waals surface area (Å²) < 4.78 is 4.72. The fraction of sp³-hybridized carbons (Fsp3) is 0.533. The molecule has 0 saturated carbocycles. The predicted octanol–water partition coefficient (Wildman–Crippen LogP) is 2.33. The van der Waals surface area contributed by atoms with Gasteiger partial charge < -0.3 is 20.9 Å². The van der Waals surface area contributed by atoms with Crippen LogP contribution in [0, 0.1) is 6.92 Å². The summed E-state index contributed by atoms with van der Waals surface area (Å²) in [5, 5.41) is 13.4. The number of methoxy groups -OCH3 is 1. The van der Waals surface area contributed by atoms with Gasteiger partial charge in [0, 0.05) is 17.9 Å². The van der Waals surface area contributed by atoms with Crippen LogP contribution in [0.15, 0.2) is 12.1 Å². The number of carbonyl (C=O) groups is 1. The third-order valence-corrected chi connectivity index (χ3v) is 3.73. The van der Waals surface area contributed by atoms with E-state index in [1.54, 1.807) is 6.07 Å². The fourth-order valence-electron chi connectivity index (χ4n) is 1.95. The average Bonchev–Trinajstić information content (AvgIpc) is 2.47. The van der Waals surface area contributed by atoms with Crippen LogP contribution in [0.2, 0.25) is 0 Å². The van der Waals surface area contributed by atoms with Crippen LogP contribution >= 0.6 is 0 Å². The zero-order valence-corrected chi connectivity index (χ0v) is 12.6. The number of esters is 1. The van der Waals surface area contributed by atoms with Crippen LogP contribution in [0.25, 0.3) is 0 Å². The van der Waals surface area contributed by atoms with Crippen molar-refractivity contribution in [2.75, 3.05) is 24.7 Å². The highest BCUT2D eigenvalue weighted by Crippen LogP contribution is 2.24. The molecule has 5 heteroatoms. The summed E-state index contributed by atoms with van der Waals surface area (Å²) in [5.41, 5.74) is 7.44. The van der Waals surface area contributed by atoms with Crippen LogP contribution in [0.1, 0.15) is 42.6 Å². The molecule has 112 valence electrons. The van der Waals surface area contributed by atoms with Gasteiger partial charge in [-0.3, -0.25) is 0 Å². The van der Waals surface area contributed by atoms with E-state index in [1.165, 1.54) is 7.11 Å². The topological polar surface area (TPSA) is 84.6 Å². The maximum atomic E-state index is 11.7. The van der Waals surface area contributed by atoms with E-state index in [-0.39, 0.29) is 0 Å². The number of nitrogens with one attached hydrogen (secondary N) is 1. The fourth-order valence-corrected chi connectivity index (χ4v) is 1.95. The van der Waals surface area contributed by atoms with Gasteiger partial charge in [-0.25, -0.2) is 4.79 Å². The SMILES string of the molecule is CCC(O)(CC)CNc1cc(C)c(N)c(C(=O)OC)c1. The van der Waals surface area contributed by atoms with Crippen LogP contribution in [-0.2, 0) is 4.74 Å². The maximum absolute atomic E-state index is 11.7. The van der Waals surface area contributed by atoms with Gasteiger partial charge in [0.15, 0.2) is 0 Å². The molecule has 0 amide bonds. The van der Waals surface area contributed by atoms with Crippen molar-refractivity contribution < 1.29 is 14.6 Å². The van der Waals surface area contributed by atoms with Gasteiger partial charge in [0.05, 0.1) is 18.3 Å². The molecule has 0 heterocycles. The normalized spacial score (nSPS) is 11.2. The first-order chi connectivity index (χ1) is 9.36. The lowest BCUT2D eigenvalue weighted by atomic mass is 9.97. The second-order valence-electron chi connectivity index (χ2n) is 5.03. The smallest absolute Gasteiger partial charge is 0.340 e. The van der Waals surface area contributed by atoms with E-state index >= 15 is 0 Å². The second kappa shape index (κ2) is 6.61. The number of ether oxygens (including phenoxy) is 1. The Morgan fingerprint density at radius 3 is 2.50 bits per heavy atom. The van der Waals surface area contributed by atoms with E-state index in [1.807, 2.05) is 26.8 Å². The first-order valence-electron chi connectivity index (χ1n) is 6.81. The zero-order chi connectivity index (χ0) is 15.3. The third-order valence-electron chi connectivity index (χ3n) is 3.73. The monoisotopic (exact) mass is 280 g/mol. The van der Waals surface area contributed by atoms with Crippen LogP contribution in [0.5, 0.6) is 0 Å². The summed E-state index contributed by atoms with van der Waals surface area (Å²) in [6.07, 6.45) is 1.32. The standard InChI is InChI=1S/C15H24N2O3/c1-5-15(19,6-2)9-17-11-7-10(3)13(16)12(8-11)14(18)20-4/h7-8,17,19H,5-6,9,16H2,1-4H3. The summed E-state index contributed by atoms with van der Waals surface area (Å²) in [5.74, 6) is -0.463. The first-order valence-corrected chi connectivity index (χ1v) is 6.81. The summed E-state index contributed by atoms with van der Waals surface area (Å²) >= 11 is 0. The largest absolute Gasteiger partial charge is 0.465 e. The Hall–Kier alpha value is -1.75. The van der Waals surface area contributed by atoms with Gasteiger partial charge in [0.2, 0.25) is 0 Å². The number of nitrogen functional groups attached to an aromatic ring is 1. The number of anilines is 2. The molecule has 4 N–H and O–H groups in total. The molecule has 0 aromatic heterocycles. The van der Waals surface area contributed by atoms with Crippen molar-refractivity contribution in [1.29, 1.82) is 0 Å². The average molecular weight is 280 g/mol. The number of benzene rings is 1. The van der Waals surface area contributed by atoms with Crippen molar-refractivity contribution in [3.63, 3.8) is 0 Å². The number of hydrogen-bond acceptors (Lipinski definition) is 5. The van der Waals surface area contributed by atoms with Gasteiger partial charge in [0.25, 0.3) is 0 Å². The molecular weight excluding hydrogens is 256 g/mol. The Morgan fingerprint density at radius 1 is 1.40 bits per heavy atom. The van der Waals surface area contributed by atoms with Crippen molar-refractivity contribution >= 4 is 17.3 Å². The molecule has 0 atom stereocenters. The van der Waals surface area contributed by atoms with Gasteiger partial charge in [-0.05, 0) is 37.5 Å². The summed E-state index contributed by atoms with van der Waals surface area (Å²) in [7, 11) is 1.32. The minimum Gasteiger partial charge on any atom is -0.465 e. The van der Waals surface area contributed by atoms with E-state index in [0.717, 1.165) is 11.3 Å². The Balaban J connectivity index is 2.97. The Morgan fingerprint density at radius 2 is 2.00 bits per heavy atom. The van der Waals surface area contributed by atoms with Crippen molar-refractivity contribution in [2.45, 2.75) is 39.2 Å². The molecule has 0 unspecified atom stereocenters. The Bertz CT molecular complexity index is 482. The molecule has 0 bridgehead atoms. The Kier molecular flexibility index (Phi) is 5.39.